The minimum Gasteiger partial charge on any atom is -0.508 e. The highest BCUT2D eigenvalue weighted by Gasteiger charge is 2.41. The van der Waals surface area contributed by atoms with E-state index in [1.807, 2.05) is 35.3 Å². The molecule has 0 amide bonds. The monoisotopic (exact) mass is 348 g/mol. The van der Waals surface area contributed by atoms with Gasteiger partial charge >= 0.3 is 0 Å². The first-order valence-corrected chi connectivity index (χ1v) is 9.12. The standard InChI is InChI=1S/C20H16N2O2S/c23-14-6-3-5-13(11-14)20-22-17(15-7-1-2-8-18(15)24-20)12-16(21-22)19-9-4-10-25-19/h1-11,17,20,23H,12H2/t17-,20-/m0/s1. The minimum absolute atomic E-state index is 0.148. The zero-order valence-corrected chi connectivity index (χ0v) is 14.2. The van der Waals surface area contributed by atoms with Crippen LogP contribution in [0.15, 0.2) is 71.1 Å². The first-order valence-electron chi connectivity index (χ1n) is 8.24. The maximum Gasteiger partial charge on any atom is 0.214 e. The maximum absolute atomic E-state index is 9.87. The van der Waals surface area contributed by atoms with E-state index >= 15 is 0 Å². The molecule has 0 radical (unpaired) electrons. The third-order valence-corrected chi connectivity index (χ3v) is 5.58. The zero-order valence-electron chi connectivity index (χ0n) is 13.4. The van der Waals surface area contributed by atoms with Crippen molar-refractivity contribution in [2.45, 2.75) is 18.7 Å². The second-order valence-electron chi connectivity index (χ2n) is 6.23. The number of aromatic hydroxyl groups is 1. The first kappa shape index (κ1) is 14.5. The molecule has 0 unspecified atom stereocenters. The SMILES string of the molecule is Oc1cccc([C@@H]2Oc3ccccc3[C@@H]3CC(c4cccs4)=NN32)c1. The van der Waals surface area contributed by atoms with Gasteiger partial charge in [0.05, 0.1) is 16.6 Å². The lowest BCUT2D eigenvalue weighted by Gasteiger charge is -2.38. The Morgan fingerprint density at radius 2 is 2.00 bits per heavy atom. The molecular formula is C20H16N2O2S. The second-order valence-corrected chi connectivity index (χ2v) is 7.17. The molecule has 0 aliphatic carbocycles. The summed E-state index contributed by atoms with van der Waals surface area (Å²) in [7, 11) is 0. The van der Waals surface area contributed by atoms with Crippen LogP contribution in [0.5, 0.6) is 11.5 Å². The number of para-hydroxylation sites is 1. The Balaban J connectivity index is 1.62. The fourth-order valence-electron chi connectivity index (χ4n) is 3.52. The van der Waals surface area contributed by atoms with Crippen LogP contribution in [-0.4, -0.2) is 15.8 Å². The van der Waals surface area contributed by atoms with Crippen LogP contribution in [0.4, 0.5) is 0 Å². The first-order chi connectivity index (χ1) is 12.3. The van der Waals surface area contributed by atoms with E-state index in [1.165, 1.54) is 4.88 Å². The van der Waals surface area contributed by atoms with Gasteiger partial charge in [0, 0.05) is 17.5 Å². The fraction of sp³-hybridized carbons (Fsp3) is 0.150. The summed E-state index contributed by atoms with van der Waals surface area (Å²) in [6.07, 6.45) is 0.514. The van der Waals surface area contributed by atoms with Crippen molar-refractivity contribution in [3.05, 3.63) is 82.0 Å². The molecule has 2 atom stereocenters. The molecule has 2 aliphatic rings. The van der Waals surface area contributed by atoms with Gasteiger partial charge in [0.2, 0.25) is 6.23 Å². The zero-order chi connectivity index (χ0) is 16.8. The normalized spacial score (nSPS) is 21.3. The molecule has 1 N–H and O–H groups in total. The van der Waals surface area contributed by atoms with E-state index in [2.05, 4.69) is 23.6 Å². The molecule has 25 heavy (non-hydrogen) atoms. The van der Waals surface area contributed by atoms with Crippen LogP contribution in [0.1, 0.15) is 34.7 Å². The third kappa shape index (κ3) is 2.39. The molecule has 0 spiro atoms. The van der Waals surface area contributed by atoms with Crippen molar-refractivity contribution in [3.63, 3.8) is 0 Å². The molecule has 3 aromatic rings. The topological polar surface area (TPSA) is 45.1 Å². The Morgan fingerprint density at radius 3 is 2.84 bits per heavy atom. The summed E-state index contributed by atoms with van der Waals surface area (Å²) in [5.74, 6) is 1.12. The van der Waals surface area contributed by atoms with E-state index in [0.29, 0.717) is 0 Å². The van der Waals surface area contributed by atoms with E-state index in [0.717, 1.165) is 29.0 Å². The Kier molecular flexibility index (Phi) is 3.28. The van der Waals surface area contributed by atoms with Gasteiger partial charge in [0.25, 0.3) is 0 Å². The number of fused-ring (bicyclic) bond motifs is 3. The lowest BCUT2D eigenvalue weighted by Crippen LogP contribution is -2.33. The van der Waals surface area contributed by atoms with Crippen molar-refractivity contribution in [2.75, 3.05) is 0 Å². The average molecular weight is 348 g/mol. The van der Waals surface area contributed by atoms with Crippen molar-refractivity contribution in [1.82, 2.24) is 5.01 Å². The van der Waals surface area contributed by atoms with Crippen LogP contribution >= 0.6 is 11.3 Å². The summed E-state index contributed by atoms with van der Waals surface area (Å²) in [4.78, 5) is 1.20. The molecule has 3 heterocycles. The number of benzene rings is 2. The van der Waals surface area contributed by atoms with E-state index in [-0.39, 0.29) is 18.0 Å². The number of hydrogen-bond acceptors (Lipinski definition) is 5. The summed E-state index contributed by atoms with van der Waals surface area (Å²) >= 11 is 1.71. The molecule has 0 bridgehead atoms. The summed E-state index contributed by atoms with van der Waals surface area (Å²) in [5, 5.41) is 18.9. The van der Waals surface area contributed by atoms with Gasteiger partial charge in [-0.25, -0.2) is 5.01 Å². The van der Waals surface area contributed by atoms with Crippen molar-refractivity contribution in [1.29, 1.82) is 0 Å². The van der Waals surface area contributed by atoms with Crippen LogP contribution in [0.3, 0.4) is 0 Å². The van der Waals surface area contributed by atoms with Gasteiger partial charge in [-0.2, -0.15) is 5.10 Å². The predicted molar refractivity (Wildman–Crippen MR) is 98.0 cm³/mol. The van der Waals surface area contributed by atoms with Gasteiger partial charge in [-0.15, -0.1) is 11.3 Å². The van der Waals surface area contributed by atoms with Gasteiger partial charge in [0.15, 0.2) is 0 Å². The summed E-state index contributed by atoms with van der Waals surface area (Å²) in [6, 6.07) is 19.7. The fourth-order valence-corrected chi connectivity index (χ4v) is 4.25. The lowest BCUT2D eigenvalue weighted by molar-refractivity contribution is -0.0191. The Bertz CT molecular complexity index is 952. The number of rotatable bonds is 2. The average Bonchev–Trinajstić information content (AvgIpc) is 3.30. The van der Waals surface area contributed by atoms with Crippen molar-refractivity contribution >= 4 is 17.0 Å². The molecule has 0 saturated heterocycles. The second kappa shape index (κ2) is 5.63. The van der Waals surface area contributed by atoms with Gasteiger partial charge in [0.1, 0.15) is 11.5 Å². The third-order valence-electron chi connectivity index (χ3n) is 4.66. The van der Waals surface area contributed by atoms with E-state index in [1.54, 1.807) is 23.5 Å². The van der Waals surface area contributed by atoms with E-state index < -0.39 is 0 Å². The van der Waals surface area contributed by atoms with Gasteiger partial charge < -0.3 is 9.84 Å². The predicted octanol–water partition coefficient (Wildman–Crippen LogP) is 4.70. The van der Waals surface area contributed by atoms with E-state index in [4.69, 9.17) is 9.84 Å². The maximum atomic E-state index is 9.87. The van der Waals surface area contributed by atoms with Crippen molar-refractivity contribution in [2.24, 2.45) is 5.10 Å². The molecule has 2 aliphatic heterocycles. The summed E-state index contributed by atoms with van der Waals surface area (Å²) in [6.45, 7) is 0. The minimum atomic E-state index is -0.343. The van der Waals surface area contributed by atoms with Gasteiger partial charge in [-0.3, -0.25) is 0 Å². The van der Waals surface area contributed by atoms with Gasteiger partial charge in [-0.1, -0.05) is 36.4 Å². The summed E-state index contributed by atoms with van der Waals surface area (Å²) < 4.78 is 6.26. The molecule has 5 heteroatoms. The number of nitrogens with zero attached hydrogens (tertiary/aromatic N) is 2. The highest BCUT2D eigenvalue weighted by Crippen LogP contribution is 2.47. The smallest absolute Gasteiger partial charge is 0.214 e. The molecule has 0 saturated carbocycles. The van der Waals surface area contributed by atoms with Crippen LogP contribution in [0.2, 0.25) is 0 Å². The quantitative estimate of drug-likeness (QED) is 0.730. The van der Waals surface area contributed by atoms with Crippen molar-refractivity contribution in [3.8, 4) is 11.5 Å². The molecule has 124 valence electrons. The number of phenols is 1. The molecule has 5 rings (SSSR count). The Hall–Kier alpha value is -2.79. The van der Waals surface area contributed by atoms with Crippen LogP contribution < -0.4 is 4.74 Å². The van der Waals surface area contributed by atoms with Crippen LogP contribution in [-0.2, 0) is 0 Å². The largest absolute Gasteiger partial charge is 0.508 e. The summed E-state index contributed by atoms with van der Waals surface area (Å²) in [5.41, 5.74) is 3.15. The number of ether oxygens (including phenoxy) is 1. The van der Waals surface area contributed by atoms with Crippen molar-refractivity contribution < 1.29 is 9.84 Å². The molecule has 0 fully saturated rings. The Morgan fingerprint density at radius 1 is 1.08 bits per heavy atom. The van der Waals surface area contributed by atoms with Crippen LogP contribution in [0, 0.1) is 0 Å². The van der Waals surface area contributed by atoms with Gasteiger partial charge in [-0.05, 0) is 29.6 Å². The highest BCUT2D eigenvalue weighted by molar-refractivity contribution is 7.12. The molecule has 2 aromatic carbocycles. The van der Waals surface area contributed by atoms with E-state index in [9.17, 15) is 5.11 Å². The number of phenolic OH excluding ortho intramolecular Hbond substituents is 1. The Labute approximate surface area is 149 Å². The number of hydrazone groups is 1. The molecule has 1 aromatic heterocycles. The lowest BCUT2D eigenvalue weighted by atomic mass is 9.98. The highest BCUT2D eigenvalue weighted by atomic mass is 32.1. The molecular weight excluding hydrogens is 332 g/mol. The molecule has 4 nitrogen and oxygen atoms in total. The number of thiophene rings is 1. The number of hydrogen-bond donors (Lipinski definition) is 1. The van der Waals surface area contributed by atoms with Crippen LogP contribution in [0.25, 0.3) is 0 Å².